The fraction of sp³-hybridized carbons (Fsp3) is 0.0714. The van der Waals surface area contributed by atoms with Crippen LogP contribution < -0.4 is 0 Å². The van der Waals surface area contributed by atoms with E-state index in [2.05, 4.69) is 20.5 Å². The molecule has 10 heteroatoms. The van der Waals surface area contributed by atoms with Gasteiger partial charge in [0, 0.05) is 4.88 Å². The van der Waals surface area contributed by atoms with Crippen LogP contribution in [0.25, 0.3) is 15.2 Å². The Kier molecular flexibility index (Phi) is 3.79. The number of hydrogen-bond acceptors (Lipinski definition) is 8. The Morgan fingerprint density at radius 1 is 1.25 bits per heavy atom. The molecule has 24 heavy (non-hydrogen) atoms. The van der Waals surface area contributed by atoms with Gasteiger partial charge in [0.2, 0.25) is 5.16 Å². The van der Waals surface area contributed by atoms with E-state index >= 15 is 0 Å². The molecule has 0 aliphatic rings. The molecule has 1 aromatic carbocycles. The summed E-state index contributed by atoms with van der Waals surface area (Å²) in [6.45, 7) is 2.03. The third-order valence-corrected chi connectivity index (χ3v) is 6.16. The smallest absolute Gasteiger partial charge is 0.335 e. The number of nitrogens with zero attached hydrogens (tertiary/aromatic N) is 5. The number of aryl methyl sites for hydroxylation is 1. The van der Waals surface area contributed by atoms with Gasteiger partial charge < -0.3 is 5.11 Å². The summed E-state index contributed by atoms with van der Waals surface area (Å²) in [7, 11) is 0. The minimum absolute atomic E-state index is 0.251. The van der Waals surface area contributed by atoms with E-state index < -0.39 is 5.97 Å². The molecule has 3 aromatic heterocycles. The molecule has 4 rings (SSSR count). The molecule has 1 N–H and O–H groups in total. The van der Waals surface area contributed by atoms with Gasteiger partial charge >= 0.3 is 5.97 Å². The summed E-state index contributed by atoms with van der Waals surface area (Å²) in [5.41, 5.74) is 1.01. The summed E-state index contributed by atoms with van der Waals surface area (Å²) in [6.07, 6.45) is 0. The maximum Gasteiger partial charge on any atom is 0.335 e. The van der Waals surface area contributed by atoms with Crippen molar-refractivity contribution >= 4 is 50.6 Å². The second-order valence-electron chi connectivity index (χ2n) is 4.83. The van der Waals surface area contributed by atoms with Crippen LogP contribution in [-0.4, -0.2) is 36.3 Å². The number of thiazole rings is 1. The van der Waals surface area contributed by atoms with Crippen LogP contribution in [0, 0.1) is 6.92 Å². The van der Waals surface area contributed by atoms with Crippen LogP contribution in [0.1, 0.15) is 15.2 Å². The van der Waals surface area contributed by atoms with Crippen molar-refractivity contribution in [2.75, 3.05) is 0 Å². The monoisotopic (exact) mass is 375 g/mol. The van der Waals surface area contributed by atoms with Crippen molar-refractivity contribution in [1.82, 2.24) is 25.2 Å². The number of tetrazole rings is 1. The van der Waals surface area contributed by atoms with Gasteiger partial charge in [0.15, 0.2) is 4.34 Å². The molecule has 0 atom stereocenters. The van der Waals surface area contributed by atoms with Crippen LogP contribution in [-0.2, 0) is 0 Å². The molecule has 120 valence electrons. The number of fused-ring (bicyclic) bond motifs is 1. The van der Waals surface area contributed by atoms with Crippen molar-refractivity contribution < 1.29 is 9.90 Å². The topological polar surface area (TPSA) is 93.8 Å². The van der Waals surface area contributed by atoms with Crippen LogP contribution in [0.3, 0.4) is 0 Å². The molecule has 0 saturated heterocycles. The zero-order valence-electron chi connectivity index (χ0n) is 12.2. The van der Waals surface area contributed by atoms with Gasteiger partial charge in [-0.25, -0.2) is 9.78 Å². The summed E-state index contributed by atoms with van der Waals surface area (Å²) >= 11 is 4.38. The molecule has 7 nitrogen and oxygen atoms in total. The number of aromatic nitrogens is 5. The van der Waals surface area contributed by atoms with E-state index in [1.807, 2.05) is 19.1 Å². The quantitative estimate of drug-likeness (QED) is 0.583. The highest BCUT2D eigenvalue weighted by Gasteiger charge is 2.15. The summed E-state index contributed by atoms with van der Waals surface area (Å²) in [5, 5.41) is 22.5. The Labute approximate surface area is 148 Å². The first-order valence-corrected chi connectivity index (χ1v) is 9.22. The highest BCUT2D eigenvalue weighted by molar-refractivity contribution is 8.01. The van der Waals surface area contributed by atoms with E-state index in [0.717, 1.165) is 19.6 Å². The summed E-state index contributed by atoms with van der Waals surface area (Å²) in [5.74, 6) is -0.948. The van der Waals surface area contributed by atoms with Gasteiger partial charge in [0.25, 0.3) is 0 Å². The molecule has 3 heterocycles. The van der Waals surface area contributed by atoms with E-state index in [1.54, 1.807) is 34.2 Å². The average Bonchev–Trinajstić information content (AvgIpc) is 3.25. The SMILES string of the molecule is Cc1ccc(-n2nnnc2Sc2nc3ccc(C(=O)O)cc3s2)s1. The molecule has 0 unspecified atom stereocenters. The lowest BCUT2D eigenvalue weighted by atomic mass is 10.2. The molecule has 0 aliphatic heterocycles. The summed E-state index contributed by atoms with van der Waals surface area (Å²) in [6, 6.07) is 8.88. The molecule has 0 fully saturated rings. The Bertz CT molecular complexity index is 1050. The standard InChI is InChI=1S/C14H9N5O2S3/c1-7-2-5-11(22-7)19-13(16-17-18-19)24-14-15-9-4-3-8(12(20)21)6-10(9)23-14/h2-6H,1H3,(H,20,21). The highest BCUT2D eigenvalue weighted by Crippen LogP contribution is 2.35. The Hall–Kier alpha value is -2.30. The maximum atomic E-state index is 11.1. The normalized spacial score (nSPS) is 11.2. The minimum atomic E-state index is -0.948. The average molecular weight is 375 g/mol. The van der Waals surface area contributed by atoms with Crippen molar-refractivity contribution in [1.29, 1.82) is 0 Å². The molecular formula is C14H9N5O2S3. The zero-order chi connectivity index (χ0) is 16.7. The largest absolute Gasteiger partial charge is 0.478 e. The van der Waals surface area contributed by atoms with Crippen LogP contribution in [0.5, 0.6) is 0 Å². The lowest BCUT2D eigenvalue weighted by Crippen LogP contribution is -1.95. The number of carboxylic acids is 1. The number of carbonyl (C=O) groups is 1. The van der Waals surface area contributed by atoms with E-state index in [1.165, 1.54) is 28.0 Å². The second-order valence-corrected chi connectivity index (χ2v) is 8.34. The number of thiophene rings is 1. The second kappa shape index (κ2) is 5.96. The fourth-order valence-electron chi connectivity index (χ4n) is 2.07. The molecule has 0 spiro atoms. The van der Waals surface area contributed by atoms with E-state index in [9.17, 15) is 4.79 Å². The van der Waals surface area contributed by atoms with Crippen molar-refractivity contribution in [2.24, 2.45) is 0 Å². The molecule has 4 aromatic rings. The Balaban J connectivity index is 1.68. The summed E-state index contributed by atoms with van der Waals surface area (Å²) < 4.78 is 3.26. The number of benzene rings is 1. The van der Waals surface area contributed by atoms with Crippen LogP contribution in [0.2, 0.25) is 0 Å². The zero-order valence-corrected chi connectivity index (χ0v) is 14.7. The molecule has 0 amide bonds. The fourth-order valence-corrected chi connectivity index (χ4v) is 4.94. The lowest BCUT2D eigenvalue weighted by molar-refractivity contribution is 0.0697. The van der Waals surface area contributed by atoms with Crippen LogP contribution in [0.15, 0.2) is 39.8 Å². The van der Waals surface area contributed by atoms with Crippen LogP contribution in [0.4, 0.5) is 0 Å². The van der Waals surface area contributed by atoms with Crippen molar-refractivity contribution in [3.63, 3.8) is 0 Å². The lowest BCUT2D eigenvalue weighted by Gasteiger charge is -1.98. The van der Waals surface area contributed by atoms with Gasteiger partial charge in [0.05, 0.1) is 15.8 Å². The van der Waals surface area contributed by atoms with Gasteiger partial charge in [-0.05, 0) is 59.4 Å². The predicted molar refractivity (Wildman–Crippen MR) is 92.5 cm³/mol. The number of hydrogen-bond donors (Lipinski definition) is 1. The Morgan fingerprint density at radius 3 is 2.88 bits per heavy atom. The molecule has 0 saturated carbocycles. The maximum absolute atomic E-state index is 11.1. The van der Waals surface area contributed by atoms with Gasteiger partial charge in [0.1, 0.15) is 5.00 Å². The predicted octanol–water partition coefficient (Wildman–Crippen LogP) is 3.49. The number of rotatable bonds is 4. The molecular weight excluding hydrogens is 366 g/mol. The number of carboxylic acid groups (broad SMARTS) is 1. The van der Waals surface area contributed by atoms with E-state index in [-0.39, 0.29) is 5.56 Å². The third-order valence-electron chi connectivity index (χ3n) is 3.17. The highest BCUT2D eigenvalue weighted by atomic mass is 32.2. The van der Waals surface area contributed by atoms with Gasteiger partial charge in [-0.2, -0.15) is 4.68 Å². The number of aromatic carboxylic acids is 1. The summed E-state index contributed by atoms with van der Waals surface area (Å²) in [4.78, 5) is 16.8. The molecule has 0 bridgehead atoms. The van der Waals surface area contributed by atoms with E-state index in [4.69, 9.17) is 5.11 Å². The van der Waals surface area contributed by atoms with Crippen molar-refractivity contribution in [2.45, 2.75) is 16.4 Å². The minimum Gasteiger partial charge on any atom is -0.478 e. The first-order valence-electron chi connectivity index (χ1n) is 6.77. The molecule has 0 aliphatic carbocycles. The van der Waals surface area contributed by atoms with Gasteiger partial charge in [-0.3, -0.25) is 0 Å². The Morgan fingerprint density at radius 2 is 2.12 bits per heavy atom. The first kappa shape index (κ1) is 15.2. The first-order chi connectivity index (χ1) is 11.6. The van der Waals surface area contributed by atoms with Crippen molar-refractivity contribution in [3.05, 3.63) is 40.8 Å². The third kappa shape index (κ3) is 2.79. The van der Waals surface area contributed by atoms with Crippen LogP contribution >= 0.6 is 34.4 Å². The van der Waals surface area contributed by atoms with Gasteiger partial charge in [-0.1, -0.05) is 0 Å². The van der Waals surface area contributed by atoms with Gasteiger partial charge in [-0.15, -0.1) is 27.8 Å². The molecule has 0 radical (unpaired) electrons. The van der Waals surface area contributed by atoms with E-state index in [0.29, 0.717) is 5.16 Å². The van der Waals surface area contributed by atoms with Crippen molar-refractivity contribution in [3.8, 4) is 5.00 Å².